The van der Waals surface area contributed by atoms with Gasteiger partial charge >= 0.3 is 6.18 Å². The molecule has 0 radical (unpaired) electrons. The molecule has 15 heavy (non-hydrogen) atoms. The third kappa shape index (κ3) is 1.67. The largest absolute Gasteiger partial charge is 0.406 e. The number of nitrogens with one attached hydrogen (secondary N) is 1. The normalized spacial score (nSPS) is 39.6. The van der Waals surface area contributed by atoms with E-state index in [1.54, 1.807) is 0 Å². The van der Waals surface area contributed by atoms with Crippen LogP contribution in [0.4, 0.5) is 13.2 Å². The van der Waals surface area contributed by atoms with Gasteiger partial charge in [0.15, 0.2) is 0 Å². The van der Waals surface area contributed by atoms with E-state index in [2.05, 4.69) is 19.2 Å². The number of halogens is 3. The number of rotatable bonds is 3. The van der Waals surface area contributed by atoms with Gasteiger partial charge in [0.25, 0.3) is 0 Å². The van der Waals surface area contributed by atoms with Crippen molar-refractivity contribution in [3.05, 3.63) is 0 Å². The summed E-state index contributed by atoms with van der Waals surface area (Å²) < 4.78 is 38.1. The Hall–Kier alpha value is -0.250. The van der Waals surface area contributed by atoms with Crippen LogP contribution in [0.1, 0.15) is 46.0 Å². The Morgan fingerprint density at radius 2 is 1.87 bits per heavy atom. The number of hydrogen-bond donors (Lipinski definition) is 1. The van der Waals surface area contributed by atoms with E-state index < -0.39 is 11.7 Å². The van der Waals surface area contributed by atoms with Crippen molar-refractivity contribution < 1.29 is 13.2 Å². The van der Waals surface area contributed by atoms with E-state index >= 15 is 0 Å². The standard InChI is InChI=1S/C11H18F3N/c1-8(2)3-4-9-5-6-10(7-9,15-9)11(12,13)14/h8,15H,3-7H2,1-2H3. The minimum Gasteiger partial charge on any atom is -0.298 e. The molecule has 1 aliphatic carbocycles. The summed E-state index contributed by atoms with van der Waals surface area (Å²) >= 11 is 0. The zero-order valence-electron chi connectivity index (χ0n) is 9.25. The Bertz CT molecular complexity index is 251. The highest BCUT2D eigenvalue weighted by Crippen LogP contribution is 2.57. The number of fused-ring (bicyclic) bond motifs is 1. The SMILES string of the molecule is CC(C)CCC12CCC(C(F)(F)F)(C1)N2. The lowest BCUT2D eigenvalue weighted by Crippen LogP contribution is -2.71. The van der Waals surface area contributed by atoms with Crippen molar-refractivity contribution in [2.75, 3.05) is 0 Å². The van der Waals surface area contributed by atoms with Crippen LogP contribution < -0.4 is 5.32 Å². The van der Waals surface area contributed by atoms with Crippen LogP contribution in [0.2, 0.25) is 0 Å². The predicted octanol–water partition coefficient (Wildman–Crippen LogP) is 3.25. The monoisotopic (exact) mass is 221 g/mol. The molecule has 2 bridgehead atoms. The summed E-state index contributed by atoms with van der Waals surface area (Å²) in [5.41, 5.74) is -1.70. The Balaban J connectivity index is 1.94. The third-order valence-electron chi connectivity index (χ3n) is 3.92. The van der Waals surface area contributed by atoms with Crippen LogP contribution in [0, 0.1) is 5.92 Å². The molecule has 3 fully saturated rings. The molecule has 2 unspecified atom stereocenters. The van der Waals surface area contributed by atoms with Crippen molar-refractivity contribution in [2.24, 2.45) is 5.92 Å². The van der Waals surface area contributed by atoms with Gasteiger partial charge in [0.2, 0.25) is 0 Å². The molecule has 2 atom stereocenters. The first-order valence-corrected chi connectivity index (χ1v) is 5.65. The second-order valence-electron chi connectivity index (χ2n) is 5.59. The van der Waals surface area contributed by atoms with Crippen molar-refractivity contribution in [3.8, 4) is 0 Å². The Morgan fingerprint density at radius 1 is 1.27 bits per heavy atom. The van der Waals surface area contributed by atoms with Gasteiger partial charge in [-0.05, 0) is 38.0 Å². The van der Waals surface area contributed by atoms with E-state index in [4.69, 9.17) is 0 Å². The minimum atomic E-state index is -4.06. The van der Waals surface area contributed by atoms with Crippen LogP contribution in [0.5, 0.6) is 0 Å². The second kappa shape index (κ2) is 3.12. The fourth-order valence-corrected chi connectivity index (χ4v) is 2.98. The van der Waals surface area contributed by atoms with Crippen LogP contribution in [-0.2, 0) is 0 Å². The fourth-order valence-electron chi connectivity index (χ4n) is 2.98. The molecule has 4 heteroatoms. The molecular formula is C11H18F3N. The first-order valence-electron chi connectivity index (χ1n) is 5.65. The summed E-state index contributed by atoms with van der Waals surface area (Å²) in [7, 11) is 0. The average Bonchev–Trinajstić information content (AvgIpc) is 2.53. The summed E-state index contributed by atoms with van der Waals surface area (Å²) in [6.45, 7) is 4.22. The van der Waals surface area contributed by atoms with Gasteiger partial charge in [-0.15, -0.1) is 0 Å². The summed E-state index contributed by atoms with van der Waals surface area (Å²) in [6, 6.07) is 0. The minimum absolute atomic E-state index is 0.181. The van der Waals surface area contributed by atoms with E-state index in [0.717, 1.165) is 12.8 Å². The van der Waals surface area contributed by atoms with E-state index in [-0.39, 0.29) is 12.0 Å². The maximum absolute atomic E-state index is 12.7. The van der Waals surface area contributed by atoms with Gasteiger partial charge in [-0.25, -0.2) is 0 Å². The predicted molar refractivity (Wildman–Crippen MR) is 52.6 cm³/mol. The highest BCUT2D eigenvalue weighted by atomic mass is 19.4. The lowest BCUT2D eigenvalue weighted by Gasteiger charge is -2.50. The Morgan fingerprint density at radius 3 is 2.27 bits per heavy atom. The van der Waals surface area contributed by atoms with Crippen molar-refractivity contribution in [1.82, 2.24) is 5.32 Å². The molecule has 3 aliphatic rings. The topological polar surface area (TPSA) is 12.0 Å². The molecule has 0 spiro atoms. The molecule has 2 aliphatic heterocycles. The van der Waals surface area contributed by atoms with Gasteiger partial charge in [0, 0.05) is 5.54 Å². The lowest BCUT2D eigenvalue weighted by atomic mass is 9.76. The van der Waals surface area contributed by atoms with Crippen LogP contribution >= 0.6 is 0 Å². The van der Waals surface area contributed by atoms with Crippen LogP contribution in [0.25, 0.3) is 0 Å². The maximum Gasteiger partial charge on any atom is 0.406 e. The second-order valence-corrected chi connectivity index (χ2v) is 5.59. The van der Waals surface area contributed by atoms with Crippen molar-refractivity contribution >= 4 is 0 Å². The van der Waals surface area contributed by atoms with Gasteiger partial charge in [-0.2, -0.15) is 13.2 Å². The van der Waals surface area contributed by atoms with E-state index in [9.17, 15) is 13.2 Å². The molecule has 0 amide bonds. The molecular weight excluding hydrogens is 203 g/mol. The molecule has 0 aromatic rings. The molecule has 1 saturated carbocycles. The summed E-state index contributed by atoms with van der Waals surface area (Å²) in [5.74, 6) is 0.572. The molecule has 1 N–H and O–H groups in total. The van der Waals surface area contributed by atoms with Crippen LogP contribution in [-0.4, -0.2) is 17.3 Å². The van der Waals surface area contributed by atoms with Crippen LogP contribution in [0.3, 0.4) is 0 Å². The summed E-state index contributed by atoms with van der Waals surface area (Å²) in [6.07, 6.45) is -0.891. The van der Waals surface area contributed by atoms with Crippen LogP contribution in [0.15, 0.2) is 0 Å². The van der Waals surface area contributed by atoms with Gasteiger partial charge in [0.1, 0.15) is 5.54 Å². The molecule has 2 saturated heterocycles. The quantitative estimate of drug-likeness (QED) is 0.771. The first kappa shape index (κ1) is 11.2. The van der Waals surface area contributed by atoms with Gasteiger partial charge < -0.3 is 0 Å². The Kier molecular flexibility index (Phi) is 2.34. The zero-order chi connectivity index (χ0) is 11.3. The van der Waals surface area contributed by atoms with E-state index in [1.165, 1.54) is 0 Å². The highest BCUT2D eigenvalue weighted by molar-refractivity contribution is 5.22. The highest BCUT2D eigenvalue weighted by Gasteiger charge is 2.71. The maximum atomic E-state index is 12.7. The molecule has 3 rings (SSSR count). The smallest absolute Gasteiger partial charge is 0.298 e. The average molecular weight is 221 g/mol. The van der Waals surface area contributed by atoms with E-state index in [1.807, 2.05) is 0 Å². The molecule has 88 valence electrons. The molecule has 2 heterocycles. The number of hydrogen-bond acceptors (Lipinski definition) is 1. The van der Waals surface area contributed by atoms with Crippen molar-refractivity contribution in [2.45, 2.75) is 63.2 Å². The van der Waals surface area contributed by atoms with Crippen molar-refractivity contribution in [3.63, 3.8) is 0 Å². The summed E-state index contributed by atoms with van der Waals surface area (Å²) in [5, 5.41) is 2.81. The summed E-state index contributed by atoms with van der Waals surface area (Å²) in [4.78, 5) is 0. The number of alkyl halides is 3. The van der Waals surface area contributed by atoms with E-state index in [0.29, 0.717) is 18.8 Å². The fraction of sp³-hybridized carbons (Fsp3) is 1.00. The molecule has 0 aromatic heterocycles. The first-order chi connectivity index (χ1) is 6.79. The lowest BCUT2D eigenvalue weighted by molar-refractivity contribution is -0.220. The third-order valence-corrected chi connectivity index (χ3v) is 3.92. The van der Waals surface area contributed by atoms with Gasteiger partial charge in [-0.3, -0.25) is 5.32 Å². The molecule has 1 nitrogen and oxygen atoms in total. The van der Waals surface area contributed by atoms with Crippen molar-refractivity contribution in [1.29, 1.82) is 0 Å². The van der Waals surface area contributed by atoms with Gasteiger partial charge in [-0.1, -0.05) is 13.8 Å². The molecule has 0 aromatic carbocycles. The Labute approximate surface area is 88.4 Å². The zero-order valence-corrected chi connectivity index (χ0v) is 9.25. The van der Waals surface area contributed by atoms with Gasteiger partial charge in [0.05, 0.1) is 0 Å².